The number of aromatic nitrogens is 3. The van der Waals surface area contributed by atoms with Crippen molar-refractivity contribution in [2.24, 2.45) is 0 Å². The van der Waals surface area contributed by atoms with Crippen LogP contribution in [0.1, 0.15) is 42.1 Å². The molecular formula is C9H14N4O2. The summed E-state index contributed by atoms with van der Waals surface area (Å²) in [5, 5.41) is 6.33. The van der Waals surface area contributed by atoms with Gasteiger partial charge in [-0.05, 0) is 19.8 Å². The van der Waals surface area contributed by atoms with Gasteiger partial charge >= 0.3 is 5.91 Å². The highest BCUT2D eigenvalue weighted by atomic mass is 16.7. The summed E-state index contributed by atoms with van der Waals surface area (Å²) in [7, 11) is 0. The van der Waals surface area contributed by atoms with Crippen LogP contribution in [0.5, 0.6) is 0 Å². The van der Waals surface area contributed by atoms with E-state index >= 15 is 0 Å². The maximum Gasteiger partial charge on any atom is 0.314 e. The van der Waals surface area contributed by atoms with Crippen LogP contribution in [0, 0.1) is 6.92 Å². The highest BCUT2D eigenvalue weighted by Crippen LogP contribution is 2.19. The second-order valence-electron chi connectivity index (χ2n) is 3.70. The monoisotopic (exact) mass is 210 g/mol. The molecule has 1 aliphatic rings. The standard InChI is InChI=1S/C9H14N4O2/c1-6-10-8(12-11-6)9(14)13-15-7-4-2-3-5-7/h7H,2-5H2,1H3,(H,13,14)(H,10,11,12). The van der Waals surface area contributed by atoms with Gasteiger partial charge < -0.3 is 0 Å². The maximum atomic E-state index is 11.4. The van der Waals surface area contributed by atoms with Crippen molar-refractivity contribution < 1.29 is 9.63 Å². The average molecular weight is 210 g/mol. The molecule has 1 aliphatic carbocycles. The molecule has 82 valence electrons. The van der Waals surface area contributed by atoms with Crippen molar-refractivity contribution in [3.63, 3.8) is 0 Å². The second-order valence-corrected chi connectivity index (χ2v) is 3.70. The Labute approximate surface area is 87.4 Å². The summed E-state index contributed by atoms with van der Waals surface area (Å²) >= 11 is 0. The number of aromatic amines is 1. The summed E-state index contributed by atoms with van der Waals surface area (Å²) in [6.45, 7) is 1.74. The van der Waals surface area contributed by atoms with Gasteiger partial charge in [-0.2, -0.15) is 0 Å². The van der Waals surface area contributed by atoms with Crippen LogP contribution < -0.4 is 5.48 Å². The van der Waals surface area contributed by atoms with Crippen LogP contribution in [-0.2, 0) is 4.84 Å². The molecule has 0 radical (unpaired) electrons. The molecule has 0 bridgehead atoms. The predicted octanol–water partition coefficient (Wildman–Crippen LogP) is 0.717. The molecule has 1 amide bonds. The Morgan fingerprint density at radius 1 is 1.53 bits per heavy atom. The Kier molecular flexibility index (Phi) is 2.96. The summed E-state index contributed by atoms with van der Waals surface area (Å²) in [4.78, 5) is 20.6. The topological polar surface area (TPSA) is 79.9 Å². The normalized spacial score (nSPS) is 16.9. The quantitative estimate of drug-likeness (QED) is 0.720. The molecule has 0 unspecified atom stereocenters. The van der Waals surface area contributed by atoms with Crippen LogP contribution in [0.4, 0.5) is 0 Å². The number of hydroxylamine groups is 1. The van der Waals surface area contributed by atoms with Gasteiger partial charge in [-0.1, -0.05) is 12.8 Å². The highest BCUT2D eigenvalue weighted by molar-refractivity contribution is 5.89. The lowest BCUT2D eigenvalue weighted by Gasteiger charge is -2.09. The number of H-pyrrole nitrogens is 1. The summed E-state index contributed by atoms with van der Waals surface area (Å²) in [5.41, 5.74) is 2.37. The van der Waals surface area contributed by atoms with Crippen LogP contribution in [0.25, 0.3) is 0 Å². The van der Waals surface area contributed by atoms with E-state index in [1.54, 1.807) is 6.92 Å². The smallest absolute Gasteiger partial charge is 0.270 e. The van der Waals surface area contributed by atoms with Crippen LogP contribution in [0.2, 0.25) is 0 Å². The first-order chi connectivity index (χ1) is 7.25. The SMILES string of the molecule is Cc1nc(C(=O)NOC2CCCC2)n[nH]1. The lowest BCUT2D eigenvalue weighted by Crippen LogP contribution is -2.29. The van der Waals surface area contributed by atoms with Gasteiger partial charge in [0.15, 0.2) is 0 Å². The van der Waals surface area contributed by atoms with E-state index in [0.29, 0.717) is 5.82 Å². The van der Waals surface area contributed by atoms with Crippen molar-refractivity contribution in [1.29, 1.82) is 0 Å². The number of carbonyl (C=O) groups is 1. The molecule has 2 N–H and O–H groups in total. The molecule has 1 aromatic heterocycles. The number of nitrogens with one attached hydrogen (secondary N) is 2. The van der Waals surface area contributed by atoms with Crippen LogP contribution >= 0.6 is 0 Å². The lowest BCUT2D eigenvalue weighted by atomic mass is 10.3. The van der Waals surface area contributed by atoms with E-state index in [4.69, 9.17) is 4.84 Å². The molecule has 0 aliphatic heterocycles. The summed E-state index contributed by atoms with van der Waals surface area (Å²) < 4.78 is 0. The zero-order valence-electron chi connectivity index (χ0n) is 8.62. The van der Waals surface area contributed by atoms with Crippen molar-refractivity contribution >= 4 is 5.91 Å². The Balaban J connectivity index is 1.81. The average Bonchev–Trinajstić information content (AvgIpc) is 2.84. The Morgan fingerprint density at radius 3 is 2.87 bits per heavy atom. The van der Waals surface area contributed by atoms with Crippen molar-refractivity contribution in [2.45, 2.75) is 38.7 Å². The van der Waals surface area contributed by atoms with Gasteiger partial charge in [0, 0.05) is 0 Å². The number of hydrogen-bond donors (Lipinski definition) is 2. The Bertz CT molecular complexity index is 344. The van der Waals surface area contributed by atoms with Gasteiger partial charge in [-0.25, -0.2) is 10.5 Å². The number of aryl methyl sites for hydroxylation is 1. The molecule has 0 saturated heterocycles. The number of rotatable bonds is 3. The van der Waals surface area contributed by atoms with E-state index in [0.717, 1.165) is 12.8 Å². The van der Waals surface area contributed by atoms with Crippen molar-refractivity contribution in [1.82, 2.24) is 20.7 Å². The minimum atomic E-state index is -0.397. The third-order valence-corrected chi connectivity index (χ3v) is 2.42. The molecule has 1 saturated carbocycles. The first-order valence-corrected chi connectivity index (χ1v) is 5.10. The Morgan fingerprint density at radius 2 is 2.27 bits per heavy atom. The minimum Gasteiger partial charge on any atom is -0.270 e. The number of nitrogens with zero attached hydrogens (tertiary/aromatic N) is 2. The summed E-state index contributed by atoms with van der Waals surface area (Å²) in [5.74, 6) is 0.331. The van der Waals surface area contributed by atoms with E-state index in [2.05, 4.69) is 20.7 Å². The zero-order chi connectivity index (χ0) is 10.7. The largest absolute Gasteiger partial charge is 0.314 e. The van der Waals surface area contributed by atoms with Gasteiger partial charge in [0.25, 0.3) is 0 Å². The first kappa shape index (κ1) is 10.1. The molecule has 1 aromatic rings. The maximum absolute atomic E-state index is 11.4. The van der Waals surface area contributed by atoms with Crippen LogP contribution in [0.15, 0.2) is 0 Å². The summed E-state index contributed by atoms with van der Waals surface area (Å²) in [6.07, 6.45) is 4.50. The molecule has 1 heterocycles. The molecule has 1 fully saturated rings. The zero-order valence-corrected chi connectivity index (χ0v) is 8.62. The van der Waals surface area contributed by atoms with Gasteiger partial charge in [-0.15, -0.1) is 5.10 Å². The van der Waals surface area contributed by atoms with E-state index in [1.165, 1.54) is 12.8 Å². The molecule has 15 heavy (non-hydrogen) atoms. The van der Waals surface area contributed by atoms with Gasteiger partial charge in [0.1, 0.15) is 5.82 Å². The van der Waals surface area contributed by atoms with E-state index < -0.39 is 5.91 Å². The minimum absolute atomic E-state index is 0.116. The molecule has 6 heteroatoms. The predicted molar refractivity (Wildman–Crippen MR) is 51.9 cm³/mol. The molecular weight excluding hydrogens is 196 g/mol. The third kappa shape index (κ3) is 2.53. The number of carbonyl (C=O) groups excluding carboxylic acids is 1. The van der Waals surface area contributed by atoms with Crippen LogP contribution in [0.3, 0.4) is 0 Å². The van der Waals surface area contributed by atoms with Crippen molar-refractivity contribution in [2.75, 3.05) is 0 Å². The Hall–Kier alpha value is -1.43. The van der Waals surface area contributed by atoms with Gasteiger partial charge in [0.05, 0.1) is 6.10 Å². The van der Waals surface area contributed by atoms with Crippen molar-refractivity contribution in [3.05, 3.63) is 11.6 Å². The first-order valence-electron chi connectivity index (χ1n) is 5.10. The molecule has 0 spiro atoms. The van der Waals surface area contributed by atoms with Gasteiger partial charge in [0.2, 0.25) is 5.82 Å². The molecule has 2 rings (SSSR count). The van der Waals surface area contributed by atoms with E-state index in [9.17, 15) is 4.79 Å². The highest BCUT2D eigenvalue weighted by Gasteiger charge is 2.18. The number of hydrogen-bond acceptors (Lipinski definition) is 4. The second kappa shape index (κ2) is 4.39. The lowest BCUT2D eigenvalue weighted by molar-refractivity contribution is -0.0130. The van der Waals surface area contributed by atoms with E-state index in [-0.39, 0.29) is 11.9 Å². The molecule has 0 atom stereocenters. The van der Waals surface area contributed by atoms with E-state index in [1.807, 2.05) is 0 Å². The molecule has 0 aromatic carbocycles. The fourth-order valence-electron chi connectivity index (χ4n) is 1.63. The molecule has 6 nitrogen and oxygen atoms in total. The van der Waals surface area contributed by atoms with Gasteiger partial charge in [-0.3, -0.25) is 14.7 Å². The van der Waals surface area contributed by atoms with Crippen LogP contribution in [-0.4, -0.2) is 27.2 Å². The fourth-order valence-corrected chi connectivity index (χ4v) is 1.63. The fraction of sp³-hybridized carbons (Fsp3) is 0.667. The third-order valence-electron chi connectivity index (χ3n) is 2.42. The summed E-state index contributed by atoms with van der Waals surface area (Å²) in [6, 6.07) is 0. The van der Waals surface area contributed by atoms with Crippen molar-refractivity contribution in [3.8, 4) is 0 Å². The number of amides is 1.